The Bertz CT molecular complexity index is 574. The lowest BCUT2D eigenvalue weighted by Gasteiger charge is -2.10. The minimum atomic E-state index is -3.48. The number of benzene rings is 1. The standard InChI is InChI=1S/C12H19N3O5S/c1-2-19-6-7-21(17,18)15-10-4-3-5-11(8-10)20-9-12(13)14-16/h3-5,8,15-16H,2,6-7,9H2,1H3,(H2,13,14). The SMILES string of the molecule is CCOCCS(=O)(=O)Nc1cccc(OCC(N)=NO)c1. The van der Waals surface area contributed by atoms with Crippen molar-refractivity contribution in [1.82, 2.24) is 0 Å². The topological polar surface area (TPSA) is 123 Å². The smallest absolute Gasteiger partial charge is 0.235 e. The van der Waals surface area contributed by atoms with Crippen LogP contribution in [0.5, 0.6) is 5.75 Å². The molecule has 0 aliphatic heterocycles. The first kappa shape index (κ1) is 17.1. The summed E-state index contributed by atoms with van der Waals surface area (Å²) < 4.78 is 36.3. The van der Waals surface area contributed by atoms with Gasteiger partial charge >= 0.3 is 0 Å². The number of hydrogen-bond acceptors (Lipinski definition) is 6. The van der Waals surface area contributed by atoms with Crippen LogP contribution in [0.1, 0.15) is 6.92 Å². The molecular formula is C12H19N3O5S. The lowest BCUT2D eigenvalue weighted by Crippen LogP contribution is -2.21. The lowest BCUT2D eigenvalue weighted by atomic mass is 10.3. The van der Waals surface area contributed by atoms with Gasteiger partial charge in [0.1, 0.15) is 12.4 Å². The lowest BCUT2D eigenvalue weighted by molar-refractivity contribution is 0.163. The summed E-state index contributed by atoms with van der Waals surface area (Å²) in [4.78, 5) is 0. The number of ether oxygens (including phenoxy) is 2. The van der Waals surface area contributed by atoms with Crippen molar-refractivity contribution in [3.63, 3.8) is 0 Å². The number of nitrogens with zero attached hydrogens (tertiary/aromatic N) is 1. The van der Waals surface area contributed by atoms with Gasteiger partial charge in [-0.1, -0.05) is 11.2 Å². The van der Waals surface area contributed by atoms with Crippen molar-refractivity contribution >= 4 is 21.5 Å². The number of nitrogens with one attached hydrogen (secondary N) is 1. The maximum Gasteiger partial charge on any atom is 0.235 e. The molecule has 0 saturated carbocycles. The van der Waals surface area contributed by atoms with Crippen molar-refractivity contribution in [2.75, 3.05) is 30.3 Å². The highest BCUT2D eigenvalue weighted by atomic mass is 32.2. The second-order valence-corrected chi connectivity index (χ2v) is 5.87. The van der Waals surface area contributed by atoms with Crippen LogP contribution in [-0.2, 0) is 14.8 Å². The van der Waals surface area contributed by atoms with Crippen LogP contribution < -0.4 is 15.2 Å². The van der Waals surface area contributed by atoms with Gasteiger partial charge in [0.25, 0.3) is 0 Å². The molecule has 0 aliphatic carbocycles. The first-order chi connectivity index (χ1) is 9.96. The molecule has 0 aliphatic rings. The van der Waals surface area contributed by atoms with Crippen molar-refractivity contribution in [3.8, 4) is 5.75 Å². The molecule has 0 fully saturated rings. The number of amidine groups is 1. The molecule has 0 radical (unpaired) electrons. The van der Waals surface area contributed by atoms with E-state index >= 15 is 0 Å². The van der Waals surface area contributed by atoms with Crippen molar-refractivity contribution in [2.24, 2.45) is 10.9 Å². The second kappa shape index (κ2) is 8.32. The Balaban J connectivity index is 2.63. The summed E-state index contributed by atoms with van der Waals surface area (Å²) in [5.74, 6) is 0.181. The van der Waals surface area contributed by atoms with Crippen LogP contribution in [0.15, 0.2) is 29.4 Å². The van der Waals surface area contributed by atoms with Crippen molar-refractivity contribution in [1.29, 1.82) is 0 Å². The zero-order chi connectivity index (χ0) is 15.7. The summed E-state index contributed by atoms with van der Waals surface area (Å²) in [6, 6.07) is 6.35. The van der Waals surface area contributed by atoms with Crippen LogP contribution >= 0.6 is 0 Å². The van der Waals surface area contributed by atoms with Crippen LogP contribution in [0.2, 0.25) is 0 Å². The van der Waals surface area contributed by atoms with E-state index in [2.05, 4.69) is 9.88 Å². The highest BCUT2D eigenvalue weighted by Gasteiger charge is 2.10. The van der Waals surface area contributed by atoms with E-state index in [0.29, 0.717) is 18.0 Å². The van der Waals surface area contributed by atoms with E-state index in [-0.39, 0.29) is 24.8 Å². The highest BCUT2D eigenvalue weighted by molar-refractivity contribution is 7.92. The van der Waals surface area contributed by atoms with E-state index in [9.17, 15) is 8.42 Å². The van der Waals surface area contributed by atoms with Gasteiger partial charge in [-0.05, 0) is 19.1 Å². The van der Waals surface area contributed by atoms with Gasteiger partial charge < -0.3 is 20.4 Å². The molecule has 1 rings (SSSR count). The molecule has 0 saturated heterocycles. The first-order valence-electron chi connectivity index (χ1n) is 6.24. The quantitative estimate of drug-likeness (QED) is 0.201. The predicted molar refractivity (Wildman–Crippen MR) is 79.2 cm³/mol. The van der Waals surface area contributed by atoms with Gasteiger partial charge in [0.15, 0.2) is 5.84 Å². The molecule has 1 aromatic rings. The first-order valence-corrected chi connectivity index (χ1v) is 7.89. The molecule has 0 spiro atoms. The number of oxime groups is 1. The summed E-state index contributed by atoms with van der Waals surface area (Å²) >= 11 is 0. The van der Waals surface area contributed by atoms with E-state index in [4.69, 9.17) is 20.4 Å². The van der Waals surface area contributed by atoms with Gasteiger partial charge in [0, 0.05) is 12.7 Å². The van der Waals surface area contributed by atoms with E-state index in [1.165, 1.54) is 6.07 Å². The number of hydrogen-bond donors (Lipinski definition) is 3. The molecular weight excluding hydrogens is 298 g/mol. The Morgan fingerprint density at radius 2 is 2.24 bits per heavy atom. The fourth-order valence-electron chi connectivity index (χ4n) is 1.38. The Labute approximate surface area is 123 Å². The molecule has 4 N–H and O–H groups in total. The minimum absolute atomic E-state index is 0.0855. The van der Waals surface area contributed by atoms with Crippen LogP contribution in [0.25, 0.3) is 0 Å². The minimum Gasteiger partial charge on any atom is -0.485 e. The van der Waals surface area contributed by atoms with Gasteiger partial charge in [-0.25, -0.2) is 8.42 Å². The Kier molecular flexibility index (Phi) is 6.76. The molecule has 8 nitrogen and oxygen atoms in total. The molecule has 0 heterocycles. The molecule has 1 aromatic carbocycles. The van der Waals surface area contributed by atoms with Gasteiger partial charge in [0.2, 0.25) is 10.0 Å². The molecule has 0 aromatic heterocycles. The molecule has 0 atom stereocenters. The average molecular weight is 317 g/mol. The molecule has 0 unspecified atom stereocenters. The average Bonchev–Trinajstić information content (AvgIpc) is 2.44. The maximum atomic E-state index is 11.8. The van der Waals surface area contributed by atoms with Gasteiger partial charge in [-0.15, -0.1) is 0 Å². The fraction of sp³-hybridized carbons (Fsp3) is 0.417. The molecule has 118 valence electrons. The summed E-state index contributed by atoms with van der Waals surface area (Å²) in [6.45, 7) is 2.29. The predicted octanol–water partition coefficient (Wildman–Crippen LogP) is 0.590. The monoisotopic (exact) mass is 317 g/mol. The highest BCUT2D eigenvalue weighted by Crippen LogP contribution is 2.18. The van der Waals surface area contributed by atoms with Crippen LogP contribution in [0, 0.1) is 0 Å². The molecule has 0 bridgehead atoms. The summed E-state index contributed by atoms with van der Waals surface area (Å²) in [5.41, 5.74) is 5.64. The van der Waals surface area contributed by atoms with E-state index in [1.807, 2.05) is 0 Å². The normalized spacial score (nSPS) is 12.1. The zero-order valence-corrected chi connectivity index (χ0v) is 12.5. The van der Waals surface area contributed by atoms with Gasteiger partial charge in [0.05, 0.1) is 18.0 Å². The van der Waals surface area contributed by atoms with E-state index in [0.717, 1.165) is 0 Å². The van der Waals surface area contributed by atoms with E-state index < -0.39 is 10.0 Å². The Morgan fingerprint density at radius 3 is 2.90 bits per heavy atom. The van der Waals surface area contributed by atoms with Crippen LogP contribution in [0.3, 0.4) is 0 Å². The molecule has 0 amide bonds. The van der Waals surface area contributed by atoms with Crippen molar-refractivity contribution < 1.29 is 23.1 Å². The van der Waals surface area contributed by atoms with Crippen LogP contribution in [-0.4, -0.2) is 45.0 Å². The number of sulfonamides is 1. The van der Waals surface area contributed by atoms with Crippen LogP contribution in [0.4, 0.5) is 5.69 Å². The largest absolute Gasteiger partial charge is 0.485 e. The zero-order valence-electron chi connectivity index (χ0n) is 11.7. The van der Waals surface area contributed by atoms with Crippen molar-refractivity contribution in [2.45, 2.75) is 6.92 Å². The summed E-state index contributed by atoms with van der Waals surface area (Å²) in [7, 11) is -3.48. The maximum absolute atomic E-state index is 11.8. The van der Waals surface area contributed by atoms with E-state index in [1.54, 1.807) is 25.1 Å². The number of nitrogens with two attached hydrogens (primary N) is 1. The van der Waals surface area contributed by atoms with Crippen molar-refractivity contribution in [3.05, 3.63) is 24.3 Å². The summed E-state index contributed by atoms with van der Waals surface area (Å²) in [5, 5.41) is 11.2. The third-order valence-corrected chi connectivity index (χ3v) is 3.57. The van der Waals surface area contributed by atoms with Gasteiger partial charge in [-0.2, -0.15) is 0 Å². The fourth-order valence-corrected chi connectivity index (χ4v) is 2.30. The molecule has 21 heavy (non-hydrogen) atoms. The number of anilines is 1. The second-order valence-electron chi connectivity index (χ2n) is 4.03. The summed E-state index contributed by atoms with van der Waals surface area (Å²) in [6.07, 6.45) is 0. The third kappa shape index (κ3) is 6.82. The van der Waals surface area contributed by atoms with Gasteiger partial charge in [-0.3, -0.25) is 4.72 Å². The Hall–Kier alpha value is -2.00. The number of rotatable bonds is 9. The molecule has 9 heteroatoms. The third-order valence-electron chi connectivity index (χ3n) is 2.32. The Morgan fingerprint density at radius 1 is 1.48 bits per heavy atom.